The predicted molar refractivity (Wildman–Crippen MR) is 88.6 cm³/mol. The second kappa shape index (κ2) is 7.25. The average Bonchev–Trinajstić information content (AvgIpc) is 2.62. The standard InChI is InChI=1S/C17H20N4O3/c1-2-24-17(23)21-9-7-13(8-10-21)18-16(22)15-11-12-5-3-4-6-14(12)19-20-15/h3-6,11,13H,2,7-10H2,1H3,(H,18,22). The number of amides is 2. The quantitative estimate of drug-likeness (QED) is 0.931. The number of hydrogen-bond donors (Lipinski definition) is 1. The number of nitrogens with one attached hydrogen (secondary N) is 1. The number of fused-ring (bicyclic) bond motifs is 1. The lowest BCUT2D eigenvalue weighted by atomic mass is 10.1. The Morgan fingerprint density at radius 1 is 1.25 bits per heavy atom. The summed E-state index contributed by atoms with van der Waals surface area (Å²) < 4.78 is 4.99. The molecule has 1 fully saturated rings. The Hall–Kier alpha value is -2.70. The van der Waals surface area contributed by atoms with Crippen molar-refractivity contribution in [3.8, 4) is 0 Å². The van der Waals surface area contributed by atoms with Gasteiger partial charge in [0.05, 0.1) is 12.1 Å². The van der Waals surface area contributed by atoms with Gasteiger partial charge in [0.2, 0.25) is 0 Å². The molecule has 2 aromatic rings. The molecule has 1 aliphatic rings. The molecule has 7 nitrogen and oxygen atoms in total. The Bertz CT molecular complexity index is 741. The van der Waals surface area contributed by atoms with Gasteiger partial charge in [-0.3, -0.25) is 4.79 Å². The zero-order chi connectivity index (χ0) is 16.9. The number of ether oxygens (including phenoxy) is 1. The van der Waals surface area contributed by atoms with Crippen LogP contribution in [-0.4, -0.2) is 52.8 Å². The van der Waals surface area contributed by atoms with E-state index in [1.54, 1.807) is 17.9 Å². The highest BCUT2D eigenvalue weighted by atomic mass is 16.6. The van der Waals surface area contributed by atoms with Gasteiger partial charge in [-0.1, -0.05) is 18.2 Å². The number of likely N-dealkylation sites (tertiary alicyclic amines) is 1. The maximum Gasteiger partial charge on any atom is 0.409 e. The molecular weight excluding hydrogens is 308 g/mol. The fourth-order valence-corrected chi connectivity index (χ4v) is 2.78. The van der Waals surface area contributed by atoms with Gasteiger partial charge in [-0.2, -0.15) is 0 Å². The minimum atomic E-state index is -0.289. The zero-order valence-electron chi connectivity index (χ0n) is 13.6. The molecule has 2 heterocycles. The largest absolute Gasteiger partial charge is 0.450 e. The smallest absolute Gasteiger partial charge is 0.409 e. The highest BCUT2D eigenvalue weighted by molar-refractivity contribution is 5.95. The van der Waals surface area contributed by atoms with E-state index in [-0.39, 0.29) is 18.0 Å². The van der Waals surface area contributed by atoms with Gasteiger partial charge in [0.15, 0.2) is 5.69 Å². The summed E-state index contributed by atoms with van der Waals surface area (Å²) in [5.41, 5.74) is 1.07. The molecule has 0 spiro atoms. The first-order chi connectivity index (χ1) is 11.7. The fourth-order valence-electron chi connectivity index (χ4n) is 2.78. The van der Waals surface area contributed by atoms with E-state index < -0.39 is 0 Å². The van der Waals surface area contributed by atoms with Gasteiger partial charge < -0.3 is 15.0 Å². The van der Waals surface area contributed by atoms with Crippen LogP contribution in [0, 0.1) is 0 Å². The van der Waals surface area contributed by atoms with Gasteiger partial charge in [-0.25, -0.2) is 4.79 Å². The average molecular weight is 328 g/mol. The van der Waals surface area contributed by atoms with Crippen molar-refractivity contribution >= 4 is 22.9 Å². The molecule has 1 aliphatic heterocycles. The van der Waals surface area contributed by atoms with E-state index in [1.807, 2.05) is 24.3 Å². The number of benzene rings is 1. The van der Waals surface area contributed by atoms with Crippen LogP contribution in [-0.2, 0) is 4.74 Å². The minimum absolute atomic E-state index is 0.0245. The molecule has 24 heavy (non-hydrogen) atoms. The Balaban J connectivity index is 1.58. The monoisotopic (exact) mass is 328 g/mol. The second-order valence-electron chi connectivity index (χ2n) is 5.72. The van der Waals surface area contributed by atoms with Crippen molar-refractivity contribution in [3.05, 3.63) is 36.0 Å². The minimum Gasteiger partial charge on any atom is -0.450 e. The summed E-state index contributed by atoms with van der Waals surface area (Å²) in [6.45, 7) is 3.31. The van der Waals surface area contributed by atoms with Crippen molar-refractivity contribution in [3.63, 3.8) is 0 Å². The molecule has 1 aromatic heterocycles. The highest BCUT2D eigenvalue weighted by Gasteiger charge is 2.25. The van der Waals surface area contributed by atoms with Gasteiger partial charge in [-0.15, -0.1) is 10.2 Å². The summed E-state index contributed by atoms with van der Waals surface area (Å²) >= 11 is 0. The van der Waals surface area contributed by atoms with Crippen LogP contribution >= 0.6 is 0 Å². The van der Waals surface area contributed by atoms with E-state index in [9.17, 15) is 9.59 Å². The first-order valence-corrected chi connectivity index (χ1v) is 8.12. The molecule has 0 atom stereocenters. The molecule has 0 unspecified atom stereocenters. The number of carbonyl (C=O) groups is 2. The van der Waals surface area contributed by atoms with Crippen molar-refractivity contribution in [1.29, 1.82) is 0 Å². The zero-order valence-corrected chi connectivity index (χ0v) is 13.6. The molecular formula is C17H20N4O3. The third kappa shape index (κ3) is 3.61. The van der Waals surface area contributed by atoms with Gasteiger partial charge in [0.25, 0.3) is 5.91 Å². The third-order valence-corrected chi connectivity index (χ3v) is 4.08. The van der Waals surface area contributed by atoms with Crippen molar-refractivity contribution in [2.24, 2.45) is 0 Å². The van der Waals surface area contributed by atoms with Crippen LogP contribution in [0.1, 0.15) is 30.3 Å². The summed E-state index contributed by atoms with van der Waals surface area (Å²) in [4.78, 5) is 25.7. The third-order valence-electron chi connectivity index (χ3n) is 4.08. The number of carbonyl (C=O) groups excluding carboxylic acids is 2. The summed E-state index contributed by atoms with van der Waals surface area (Å²) in [7, 11) is 0. The van der Waals surface area contributed by atoms with Crippen LogP contribution in [0.4, 0.5) is 4.79 Å². The number of rotatable bonds is 3. The van der Waals surface area contributed by atoms with E-state index in [4.69, 9.17) is 4.74 Å². The SMILES string of the molecule is CCOC(=O)N1CCC(NC(=O)c2cc3ccccc3nn2)CC1. The fraction of sp³-hybridized carbons (Fsp3) is 0.412. The van der Waals surface area contributed by atoms with E-state index in [0.717, 1.165) is 10.9 Å². The lowest BCUT2D eigenvalue weighted by Gasteiger charge is -2.31. The Kier molecular flexibility index (Phi) is 4.88. The molecule has 0 bridgehead atoms. The summed E-state index contributed by atoms with van der Waals surface area (Å²) in [5.74, 6) is -0.233. The first-order valence-electron chi connectivity index (χ1n) is 8.12. The van der Waals surface area contributed by atoms with Crippen LogP contribution in [0.5, 0.6) is 0 Å². The van der Waals surface area contributed by atoms with Crippen LogP contribution in [0.2, 0.25) is 0 Å². The van der Waals surface area contributed by atoms with Crippen LogP contribution in [0.25, 0.3) is 10.9 Å². The second-order valence-corrected chi connectivity index (χ2v) is 5.72. The molecule has 1 N–H and O–H groups in total. The van der Waals surface area contributed by atoms with E-state index >= 15 is 0 Å². The summed E-state index contributed by atoms with van der Waals surface area (Å²) in [5, 5.41) is 11.9. The molecule has 0 saturated carbocycles. The molecule has 2 amide bonds. The predicted octanol–water partition coefficient (Wildman–Crippen LogP) is 1.98. The lowest BCUT2D eigenvalue weighted by Crippen LogP contribution is -2.46. The maximum atomic E-state index is 12.4. The van der Waals surface area contributed by atoms with Gasteiger partial charge in [0, 0.05) is 24.5 Å². The molecule has 0 radical (unpaired) electrons. The van der Waals surface area contributed by atoms with E-state index in [1.165, 1.54) is 0 Å². The van der Waals surface area contributed by atoms with Crippen LogP contribution < -0.4 is 5.32 Å². The molecule has 0 aliphatic carbocycles. The van der Waals surface area contributed by atoms with Crippen molar-refractivity contribution in [1.82, 2.24) is 20.4 Å². The molecule has 1 aromatic carbocycles. The molecule has 126 valence electrons. The first kappa shape index (κ1) is 16.2. The van der Waals surface area contributed by atoms with Crippen molar-refractivity contribution in [2.45, 2.75) is 25.8 Å². The number of piperidine rings is 1. The van der Waals surface area contributed by atoms with E-state index in [2.05, 4.69) is 15.5 Å². The summed E-state index contributed by atoms with van der Waals surface area (Å²) in [6.07, 6.45) is 1.11. The van der Waals surface area contributed by atoms with Gasteiger partial charge in [0.1, 0.15) is 0 Å². The summed E-state index contributed by atoms with van der Waals surface area (Å²) in [6, 6.07) is 9.31. The normalized spacial score (nSPS) is 15.3. The Morgan fingerprint density at radius 3 is 2.75 bits per heavy atom. The molecule has 3 rings (SSSR count). The Morgan fingerprint density at radius 2 is 2.00 bits per heavy atom. The van der Waals surface area contributed by atoms with Crippen LogP contribution in [0.3, 0.4) is 0 Å². The number of nitrogens with zero attached hydrogens (tertiary/aromatic N) is 3. The van der Waals surface area contributed by atoms with Crippen molar-refractivity contribution < 1.29 is 14.3 Å². The number of hydrogen-bond acceptors (Lipinski definition) is 5. The number of aromatic nitrogens is 2. The van der Waals surface area contributed by atoms with Gasteiger partial charge in [-0.05, 0) is 31.9 Å². The van der Waals surface area contributed by atoms with Gasteiger partial charge >= 0.3 is 6.09 Å². The topological polar surface area (TPSA) is 84.4 Å². The van der Waals surface area contributed by atoms with E-state index in [0.29, 0.717) is 38.2 Å². The Labute approximate surface area is 140 Å². The molecule has 7 heteroatoms. The lowest BCUT2D eigenvalue weighted by molar-refractivity contribution is 0.0856. The highest BCUT2D eigenvalue weighted by Crippen LogP contribution is 2.14. The van der Waals surface area contributed by atoms with Crippen molar-refractivity contribution in [2.75, 3.05) is 19.7 Å². The molecule has 1 saturated heterocycles. The maximum absolute atomic E-state index is 12.4. The van der Waals surface area contributed by atoms with Crippen LogP contribution in [0.15, 0.2) is 30.3 Å².